The Morgan fingerprint density at radius 1 is 1.15 bits per heavy atom. The van der Waals surface area contributed by atoms with E-state index in [9.17, 15) is 21.6 Å². The zero-order valence-electron chi connectivity index (χ0n) is 15.1. The van der Waals surface area contributed by atoms with Crippen molar-refractivity contribution in [2.75, 3.05) is 11.9 Å². The summed E-state index contributed by atoms with van der Waals surface area (Å²) in [6.07, 6.45) is -2.50. The van der Waals surface area contributed by atoms with Crippen LogP contribution in [0.4, 0.5) is 19.2 Å². The van der Waals surface area contributed by atoms with Gasteiger partial charge >= 0.3 is 12.2 Å². The number of alkyl halides is 3. The van der Waals surface area contributed by atoms with Crippen LogP contribution in [-0.4, -0.2) is 42.1 Å². The Morgan fingerprint density at radius 2 is 1.77 bits per heavy atom. The SMILES string of the molecule is CC(C)(C)S(=O)(=O)NCC1CCC(Nc2nc(CC(F)(F)F)no2)CC1. The van der Waals surface area contributed by atoms with Crippen molar-refractivity contribution in [1.82, 2.24) is 14.9 Å². The monoisotopic (exact) mass is 398 g/mol. The van der Waals surface area contributed by atoms with Crippen LogP contribution in [0.5, 0.6) is 0 Å². The van der Waals surface area contributed by atoms with Gasteiger partial charge in [-0.2, -0.15) is 18.2 Å². The van der Waals surface area contributed by atoms with Crippen LogP contribution in [0.25, 0.3) is 0 Å². The van der Waals surface area contributed by atoms with Crippen molar-refractivity contribution >= 4 is 16.0 Å². The Morgan fingerprint density at radius 3 is 2.31 bits per heavy atom. The molecular formula is C15H25F3N4O3S. The molecule has 0 spiro atoms. The molecule has 7 nitrogen and oxygen atoms in total. The maximum atomic E-state index is 12.3. The summed E-state index contributed by atoms with van der Waals surface area (Å²) < 4.78 is 67.6. The molecule has 1 aromatic rings. The zero-order chi connectivity index (χ0) is 19.6. The second-order valence-corrected chi connectivity index (χ2v) is 10.2. The van der Waals surface area contributed by atoms with Crippen molar-refractivity contribution in [2.24, 2.45) is 5.92 Å². The van der Waals surface area contributed by atoms with E-state index < -0.39 is 33.2 Å². The van der Waals surface area contributed by atoms with Crippen molar-refractivity contribution in [2.45, 2.75) is 69.8 Å². The molecule has 0 radical (unpaired) electrons. The highest BCUT2D eigenvalue weighted by molar-refractivity contribution is 7.90. The first kappa shape index (κ1) is 20.9. The summed E-state index contributed by atoms with van der Waals surface area (Å²) in [5, 5.41) is 6.27. The van der Waals surface area contributed by atoms with Gasteiger partial charge in [-0.15, -0.1) is 0 Å². The molecule has 0 aromatic carbocycles. The van der Waals surface area contributed by atoms with Gasteiger partial charge in [0.2, 0.25) is 10.0 Å². The summed E-state index contributed by atoms with van der Waals surface area (Å²) in [5.74, 6) is -0.168. The molecule has 1 aromatic heterocycles. The summed E-state index contributed by atoms with van der Waals surface area (Å²) in [7, 11) is -3.36. The van der Waals surface area contributed by atoms with Crippen LogP contribution in [0.15, 0.2) is 4.52 Å². The molecule has 1 aliphatic rings. The molecule has 1 heterocycles. The van der Waals surface area contributed by atoms with Gasteiger partial charge in [0.05, 0.1) is 4.75 Å². The molecule has 0 bridgehead atoms. The lowest BCUT2D eigenvalue weighted by Gasteiger charge is -2.29. The van der Waals surface area contributed by atoms with E-state index in [-0.39, 0.29) is 18.0 Å². The number of sulfonamides is 1. The van der Waals surface area contributed by atoms with Gasteiger partial charge < -0.3 is 9.84 Å². The number of hydrogen-bond acceptors (Lipinski definition) is 6. The molecule has 0 atom stereocenters. The Kier molecular flexibility index (Phi) is 6.21. The lowest BCUT2D eigenvalue weighted by molar-refractivity contribution is -0.128. The van der Waals surface area contributed by atoms with Crippen LogP contribution in [0.2, 0.25) is 0 Å². The minimum absolute atomic E-state index is 0.0128. The molecule has 150 valence electrons. The number of aromatic nitrogens is 2. The van der Waals surface area contributed by atoms with E-state index in [1.54, 1.807) is 20.8 Å². The fourth-order valence-corrected chi connectivity index (χ4v) is 3.58. The molecule has 0 saturated heterocycles. The van der Waals surface area contributed by atoms with E-state index in [1.165, 1.54) is 0 Å². The average Bonchev–Trinajstić information content (AvgIpc) is 2.90. The third-order valence-corrected chi connectivity index (χ3v) is 6.53. The van der Waals surface area contributed by atoms with Crippen molar-refractivity contribution < 1.29 is 26.1 Å². The van der Waals surface area contributed by atoms with Crippen LogP contribution in [0.1, 0.15) is 52.3 Å². The molecule has 1 saturated carbocycles. The van der Waals surface area contributed by atoms with Gasteiger partial charge in [0.15, 0.2) is 5.82 Å². The van der Waals surface area contributed by atoms with E-state index in [1.807, 2.05) is 0 Å². The van der Waals surface area contributed by atoms with Gasteiger partial charge in [-0.3, -0.25) is 0 Å². The maximum absolute atomic E-state index is 12.3. The van der Waals surface area contributed by atoms with Gasteiger partial charge in [0.1, 0.15) is 6.42 Å². The van der Waals surface area contributed by atoms with E-state index in [0.29, 0.717) is 6.54 Å². The Labute approximate surface area is 151 Å². The molecule has 0 unspecified atom stereocenters. The normalized spacial score (nSPS) is 22.4. The molecular weight excluding hydrogens is 373 g/mol. The number of nitrogens with one attached hydrogen (secondary N) is 2. The summed E-state index contributed by atoms with van der Waals surface area (Å²) in [6, 6.07) is 0.00537. The molecule has 1 fully saturated rings. The predicted molar refractivity (Wildman–Crippen MR) is 90.1 cm³/mol. The summed E-state index contributed by atoms with van der Waals surface area (Å²) in [5.41, 5.74) is 0. The van der Waals surface area contributed by atoms with Crippen molar-refractivity contribution in [1.29, 1.82) is 0 Å². The minimum atomic E-state index is -4.38. The van der Waals surface area contributed by atoms with E-state index in [4.69, 9.17) is 4.52 Å². The van der Waals surface area contributed by atoms with Crippen molar-refractivity contribution in [3.63, 3.8) is 0 Å². The summed E-state index contributed by atoms with van der Waals surface area (Å²) in [6.45, 7) is 5.33. The average molecular weight is 398 g/mol. The molecule has 2 rings (SSSR count). The van der Waals surface area contributed by atoms with E-state index in [2.05, 4.69) is 20.2 Å². The Bertz CT molecular complexity index is 690. The third kappa shape index (κ3) is 6.11. The zero-order valence-corrected chi connectivity index (χ0v) is 15.9. The van der Waals surface area contributed by atoms with E-state index in [0.717, 1.165) is 25.7 Å². The van der Waals surface area contributed by atoms with Crippen molar-refractivity contribution in [3.8, 4) is 0 Å². The molecule has 2 N–H and O–H groups in total. The van der Waals surface area contributed by atoms with Crippen LogP contribution < -0.4 is 10.0 Å². The molecule has 11 heteroatoms. The highest BCUT2D eigenvalue weighted by Crippen LogP contribution is 2.27. The molecule has 26 heavy (non-hydrogen) atoms. The second kappa shape index (κ2) is 7.71. The predicted octanol–water partition coefficient (Wildman–Crippen LogP) is 2.86. The summed E-state index contributed by atoms with van der Waals surface area (Å²) in [4.78, 5) is 3.70. The highest BCUT2D eigenvalue weighted by atomic mass is 32.2. The Hall–Kier alpha value is -1.36. The standard InChI is InChI=1S/C15H25F3N4O3S/c1-14(2,3)26(23,24)19-9-10-4-6-11(7-5-10)20-13-21-12(22-25-13)8-15(16,17)18/h10-11,19H,4-9H2,1-3H3,(H,20,21,22). The lowest BCUT2D eigenvalue weighted by atomic mass is 9.86. The first-order valence-electron chi connectivity index (χ1n) is 8.51. The number of hydrogen-bond donors (Lipinski definition) is 2. The topological polar surface area (TPSA) is 97.1 Å². The van der Waals surface area contributed by atoms with E-state index >= 15 is 0 Å². The Balaban J connectivity index is 1.77. The number of halogens is 3. The summed E-state index contributed by atoms with van der Waals surface area (Å²) >= 11 is 0. The van der Waals surface area contributed by atoms with Gasteiger partial charge in [-0.05, 0) is 52.4 Å². The fourth-order valence-electron chi connectivity index (χ4n) is 2.69. The first-order chi connectivity index (χ1) is 11.9. The van der Waals surface area contributed by atoms with Gasteiger partial charge in [-0.25, -0.2) is 13.1 Å². The number of rotatable bonds is 6. The quantitative estimate of drug-likeness (QED) is 0.765. The lowest BCUT2D eigenvalue weighted by Crippen LogP contribution is -2.42. The minimum Gasteiger partial charge on any atom is -0.335 e. The number of anilines is 1. The second-order valence-electron chi connectivity index (χ2n) is 7.63. The number of nitrogens with zero attached hydrogens (tertiary/aromatic N) is 2. The highest BCUT2D eigenvalue weighted by Gasteiger charge is 2.32. The first-order valence-corrected chi connectivity index (χ1v) is 9.99. The third-order valence-electron chi connectivity index (χ3n) is 4.37. The smallest absolute Gasteiger partial charge is 0.335 e. The van der Waals surface area contributed by atoms with Crippen LogP contribution in [-0.2, 0) is 16.4 Å². The van der Waals surface area contributed by atoms with Gasteiger partial charge in [0, 0.05) is 12.6 Å². The fraction of sp³-hybridized carbons (Fsp3) is 0.867. The largest absolute Gasteiger partial charge is 0.396 e. The molecule has 0 amide bonds. The van der Waals surface area contributed by atoms with Crippen molar-refractivity contribution in [3.05, 3.63) is 5.82 Å². The molecule has 0 aliphatic heterocycles. The van der Waals surface area contributed by atoms with Gasteiger partial charge in [-0.1, -0.05) is 5.16 Å². The van der Waals surface area contributed by atoms with Crippen LogP contribution in [0, 0.1) is 5.92 Å². The maximum Gasteiger partial charge on any atom is 0.396 e. The van der Waals surface area contributed by atoms with Crippen LogP contribution >= 0.6 is 0 Å². The molecule has 1 aliphatic carbocycles. The van der Waals surface area contributed by atoms with Crippen LogP contribution in [0.3, 0.4) is 0 Å². The van der Waals surface area contributed by atoms with Gasteiger partial charge in [0.25, 0.3) is 0 Å².